The maximum absolute atomic E-state index is 12.9. The first-order valence-electron chi connectivity index (χ1n) is 9.98. The van der Waals surface area contributed by atoms with Crippen molar-refractivity contribution in [2.24, 2.45) is 17.8 Å². The van der Waals surface area contributed by atoms with Gasteiger partial charge in [-0.3, -0.25) is 4.79 Å². The quantitative estimate of drug-likeness (QED) is 0.623. The Morgan fingerprint density at radius 3 is 2.33 bits per heavy atom. The third kappa shape index (κ3) is 3.67. The van der Waals surface area contributed by atoms with Crippen molar-refractivity contribution < 1.29 is 31.1 Å². The third-order valence-corrected chi connectivity index (χ3v) is 6.58. The summed E-state index contributed by atoms with van der Waals surface area (Å²) in [5.74, 6) is -3.27. The number of carbonyl (C=O) groups is 1. The zero-order valence-electron chi connectivity index (χ0n) is 16.2. The summed E-state index contributed by atoms with van der Waals surface area (Å²) >= 11 is 0. The molecule has 1 amide bonds. The van der Waals surface area contributed by atoms with E-state index in [0.717, 1.165) is 11.6 Å². The van der Waals surface area contributed by atoms with Crippen molar-refractivity contribution in [2.45, 2.75) is 57.2 Å². The van der Waals surface area contributed by atoms with Gasteiger partial charge in [-0.25, -0.2) is 0 Å². The van der Waals surface area contributed by atoms with E-state index in [4.69, 9.17) is 0 Å². The van der Waals surface area contributed by atoms with Crippen molar-refractivity contribution in [1.29, 1.82) is 0 Å². The number of nitrogens with zero attached hydrogens (tertiary/aromatic N) is 1. The molecular weight excluding hydrogens is 410 g/mol. The van der Waals surface area contributed by atoms with Gasteiger partial charge in [0.1, 0.15) is 6.17 Å². The van der Waals surface area contributed by atoms with Gasteiger partial charge in [0.25, 0.3) is 5.91 Å². The van der Waals surface area contributed by atoms with Crippen LogP contribution >= 0.6 is 0 Å². The van der Waals surface area contributed by atoms with Crippen LogP contribution < -0.4 is 5.32 Å². The van der Waals surface area contributed by atoms with Gasteiger partial charge in [0.05, 0.1) is 11.8 Å². The van der Waals surface area contributed by atoms with Gasteiger partial charge in [-0.1, -0.05) is 24.3 Å². The number of fused-ring (bicyclic) bond motifs is 1. The average molecular weight is 432 g/mol. The minimum Gasteiger partial charge on any atom is -0.364 e. The van der Waals surface area contributed by atoms with E-state index in [0.29, 0.717) is 11.3 Å². The number of rotatable bonds is 2. The molecule has 0 aromatic heterocycles. The van der Waals surface area contributed by atoms with Gasteiger partial charge < -0.3 is 10.2 Å². The Labute approximate surface area is 170 Å². The molecule has 1 N–H and O–H groups in total. The number of hydrogen-bond donors (Lipinski definition) is 1. The van der Waals surface area contributed by atoms with Crippen molar-refractivity contribution >= 4 is 5.91 Å². The number of alkyl halides is 6. The van der Waals surface area contributed by atoms with Crippen LogP contribution in [0.25, 0.3) is 0 Å². The summed E-state index contributed by atoms with van der Waals surface area (Å²) in [6.45, 7) is 1.85. The van der Waals surface area contributed by atoms with Gasteiger partial charge >= 0.3 is 12.4 Å². The lowest BCUT2D eigenvalue weighted by Crippen LogP contribution is -2.71. The van der Waals surface area contributed by atoms with Crippen molar-refractivity contribution in [2.75, 3.05) is 0 Å². The molecule has 0 aromatic carbocycles. The van der Waals surface area contributed by atoms with Crippen LogP contribution in [0, 0.1) is 17.8 Å². The molecule has 3 nitrogen and oxygen atoms in total. The molecule has 2 heterocycles. The fourth-order valence-corrected chi connectivity index (χ4v) is 4.81. The molecule has 0 bridgehead atoms. The minimum absolute atomic E-state index is 0.0243. The molecule has 0 spiro atoms. The van der Waals surface area contributed by atoms with Crippen molar-refractivity contribution in [3.05, 3.63) is 47.2 Å². The topological polar surface area (TPSA) is 32.3 Å². The zero-order chi connectivity index (χ0) is 21.8. The first-order chi connectivity index (χ1) is 14.0. The van der Waals surface area contributed by atoms with Crippen LogP contribution in [-0.2, 0) is 4.79 Å². The molecule has 5 atom stereocenters. The first kappa shape index (κ1) is 21.1. The van der Waals surface area contributed by atoms with E-state index in [2.05, 4.69) is 5.32 Å². The molecule has 0 aromatic rings. The Morgan fingerprint density at radius 1 is 1.07 bits per heavy atom. The average Bonchev–Trinajstić information content (AvgIpc) is 2.66. The predicted molar refractivity (Wildman–Crippen MR) is 97.7 cm³/mol. The van der Waals surface area contributed by atoms with Crippen LogP contribution in [0.2, 0.25) is 0 Å². The number of carbonyl (C=O) groups excluding carboxylic acids is 1. The highest BCUT2D eigenvalue weighted by atomic mass is 19.4. The first-order valence-corrected chi connectivity index (χ1v) is 9.98. The fourth-order valence-electron chi connectivity index (χ4n) is 4.81. The van der Waals surface area contributed by atoms with Crippen LogP contribution in [0.1, 0.15) is 32.6 Å². The van der Waals surface area contributed by atoms with E-state index in [-0.39, 0.29) is 43.6 Å². The molecule has 9 heteroatoms. The van der Waals surface area contributed by atoms with Crippen LogP contribution in [0.15, 0.2) is 47.2 Å². The van der Waals surface area contributed by atoms with Gasteiger partial charge in [0, 0.05) is 23.7 Å². The van der Waals surface area contributed by atoms with Gasteiger partial charge in [-0.2, -0.15) is 26.3 Å². The number of halogens is 6. The molecule has 4 rings (SSSR count). The van der Waals surface area contributed by atoms with E-state index in [1.165, 1.54) is 18.2 Å². The van der Waals surface area contributed by atoms with E-state index >= 15 is 0 Å². The summed E-state index contributed by atoms with van der Waals surface area (Å²) in [6, 6.07) is -0.180. The fraction of sp³-hybridized carbons (Fsp3) is 0.571. The molecule has 4 aliphatic rings. The smallest absolute Gasteiger partial charge is 0.364 e. The number of allylic oxidation sites excluding steroid dienone is 5. The second-order valence-corrected chi connectivity index (χ2v) is 8.35. The normalized spacial score (nSPS) is 34.4. The highest BCUT2D eigenvalue weighted by Gasteiger charge is 2.52. The Morgan fingerprint density at radius 2 is 1.80 bits per heavy atom. The lowest BCUT2D eigenvalue weighted by molar-refractivity contribution is -0.176. The molecule has 30 heavy (non-hydrogen) atoms. The number of amides is 1. The summed E-state index contributed by atoms with van der Waals surface area (Å²) in [7, 11) is 0. The molecule has 5 unspecified atom stereocenters. The van der Waals surface area contributed by atoms with Crippen molar-refractivity contribution in [1.82, 2.24) is 10.2 Å². The van der Waals surface area contributed by atoms with E-state index < -0.39 is 30.4 Å². The monoisotopic (exact) mass is 432 g/mol. The molecule has 164 valence electrons. The maximum atomic E-state index is 12.9. The van der Waals surface area contributed by atoms with Crippen LogP contribution in [-0.4, -0.2) is 35.4 Å². The summed E-state index contributed by atoms with van der Waals surface area (Å²) in [5, 5.41) is 3.25. The number of hydrogen-bond acceptors (Lipinski definition) is 2. The highest BCUT2D eigenvalue weighted by molar-refractivity contribution is 5.91. The Hall–Kier alpha value is -2.19. The summed E-state index contributed by atoms with van der Waals surface area (Å²) in [4.78, 5) is 14.2. The zero-order valence-corrected chi connectivity index (χ0v) is 16.2. The third-order valence-electron chi connectivity index (χ3n) is 6.58. The summed E-state index contributed by atoms with van der Waals surface area (Å²) in [6.07, 6.45) is -1.81. The Bertz CT molecular complexity index is 851. The van der Waals surface area contributed by atoms with Crippen LogP contribution in [0.5, 0.6) is 0 Å². The Balaban J connectivity index is 1.48. The van der Waals surface area contributed by atoms with Crippen LogP contribution in [0.3, 0.4) is 0 Å². The second kappa shape index (κ2) is 7.20. The SMILES string of the molecule is CC1C(C2=CCC(C(F)(F)F)C=C2)C2NC(C3=CCC(C(F)(F)F)CC3)=CC(=O)N12. The van der Waals surface area contributed by atoms with E-state index in [1.807, 2.05) is 6.92 Å². The molecule has 2 aliphatic carbocycles. The minimum atomic E-state index is -4.29. The largest absolute Gasteiger partial charge is 0.395 e. The molecule has 0 radical (unpaired) electrons. The maximum Gasteiger partial charge on any atom is 0.395 e. The van der Waals surface area contributed by atoms with Gasteiger partial charge in [-0.15, -0.1) is 0 Å². The second-order valence-electron chi connectivity index (χ2n) is 8.35. The van der Waals surface area contributed by atoms with Gasteiger partial charge in [0.15, 0.2) is 0 Å². The Kier molecular flexibility index (Phi) is 5.05. The summed E-state index contributed by atoms with van der Waals surface area (Å²) < 4.78 is 77.4. The standard InChI is InChI=1S/C21H22F6N2O/c1-11-18(13-4-8-15(9-5-13)21(25,26)27)19-28-16(10-17(30)29(11)19)12-2-6-14(7-3-12)20(22,23)24/h2,4-5,8,10-11,14-15,18-19,28H,3,6-7,9H2,1H3. The van der Waals surface area contributed by atoms with E-state index in [9.17, 15) is 31.1 Å². The lowest BCUT2D eigenvalue weighted by atomic mass is 9.75. The summed E-state index contributed by atoms with van der Waals surface area (Å²) in [5.41, 5.74) is 1.96. The van der Waals surface area contributed by atoms with Crippen molar-refractivity contribution in [3.63, 3.8) is 0 Å². The van der Waals surface area contributed by atoms with E-state index in [1.54, 1.807) is 11.0 Å². The van der Waals surface area contributed by atoms with Gasteiger partial charge in [0.2, 0.25) is 0 Å². The highest BCUT2D eigenvalue weighted by Crippen LogP contribution is 2.44. The lowest BCUT2D eigenvalue weighted by Gasteiger charge is -2.57. The molecular formula is C21H22F6N2O. The molecule has 1 fully saturated rings. The predicted octanol–water partition coefficient (Wildman–Crippen LogP) is 5.00. The van der Waals surface area contributed by atoms with Crippen LogP contribution in [0.4, 0.5) is 26.3 Å². The molecule has 1 saturated heterocycles. The number of nitrogens with one attached hydrogen (secondary N) is 1. The molecule has 0 saturated carbocycles. The van der Waals surface area contributed by atoms with Gasteiger partial charge in [-0.05, 0) is 43.8 Å². The van der Waals surface area contributed by atoms with Crippen molar-refractivity contribution in [3.8, 4) is 0 Å². The molecule has 2 aliphatic heterocycles.